The number of nitrogens with zero attached hydrogens (tertiary/aromatic N) is 1. The van der Waals surface area contributed by atoms with Crippen molar-refractivity contribution in [3.05, 3.63) is 29.3 Å². The molecule has 0 saturated carbocycles. The highest BCUT2D eigenvalue weighted by atomic mass is 35.5. The number of likely N-dealkylation sites (tertiary alicyclic amines) is 1. The molecule has 1 heterocycles. The maximum Gasteiger partial charge on any atom is 0.224 e. The van der Waals surface area contributed by atoms with Gasteiger partial charge in [-0.2, -0.15) is 0 Å². The Morgan fingerprint density at radius 1 is 1.28 bits per heavy atom. The van der Waals surface area contributed by atoms with Gasteiger partial charge in [-0.05, 0) is 37.5 Å². The van der Waals surface area contributed by atoms with Crippen molar-refractivity contribution < 1.29 is 4.79 Å². The van der Waals surface area contributed by atoms with Crippen molar-refractivity contribution in [2.45, 2.75) is 25.7 Å². The number of halogens is 1. The summed E-state index contributed by atoms with van der Waals surface area (Å²) in [4.78, 5) is 13.9. The zero-order valence-electron chi connectivity index (χ0n) is 10.5. The Morgan fingerprint density at radius 2 is 2.06 bits per heavy atom. The zero-order valence-corrected chi connectivity index (χ0v) is 11.2. The minimum atomic E-state index is 0.254. The van der Waals surface area contributed by atoms with Crippen LogP contribution < -0.4 is 5.32 Å². The lowest BCUT2D eigenvalue weighted by Gasteiger charge is -2.26. The molecule has 1 aromatic carbocycles. The van der Waals surface area contributed by atoms with E-state index in [0.717, 1.165) is 31.6 Å². The first-order valence-electron chi connectivity index (χ1n) is 6.53. The summed E-state index contributed by atoms with van der Waals surface area (Å²) in [6, 6.07) is 7.56. The van der Waals surface area contributed by atoms with Gasteiger partial charge in [-0.15, -0.1) is 0 Å². The number of nitrogens with one attached hydrogen (secondary N) is 1. The molecule has 2 rings (SSSR count). The Bertz CT molecular complexity index is 403. The summed E-state index contributed by atoms with van der Waals surface area (Å²) in [6.07, 6.45) is 4.10. The van der Waals surface area contributed by atoms with Crippen LogP contribution in [0.1, 0.15) is 25.7 Å². The van der Waals surface area contributed by atoms with Crippen LogP contribution in [-0.4, -0.2) is 30.4 Å². The zero-order chi connectivity index (χ0) is 12.8. The van der Waals surface area contributed by atoms with Crippen LogP contribution in [0, 0.1) is 0 Å². The molecule has 18 heavy (non-hydrogen) atoms. The van der Waals surface area contributed by atoms with E-state index < -0.39 is 0 Å². The van der Waals surface area contributed by atoms with Crippen molar-refractivity contribution in [3.63, 3.8) is 0 Å². The van der Waals surface area contributed by atoms with E-state index in [1.165, 1.54) is 6.42 Å². The second-order valence-electron chi connectivity index (χ2n) is 4.63. The number of hydrogen-bond acceptors (Lipinski definition) is 2. The Labute approximate surface area is 113 Å². The predicted molar refractivity (Wildman–Crippen MR) is 75.0 cm³/mol. The summed E-state index contributed by atoms with van der Waals surface area (Å²) in [6.45, 7) is 2.52. The molecule has 1 aliphatic rings. The Balaban J connectivity index is 1.73. The molecule has 1 saturated heterocycles. The van der Waals surface area contributed by atoms with E-state index in [2.05, 4.69) is 5.32 Å². The van der Waals surface area contributed by atoms with Gasteiger partial charge in [0.25, 0.3) is 0 Å². The van der Waals surface area contributed by atoms with Gasteiger partial charge in [0.1, 0.15) is 0 Å². The second-order valence-corrected chi connectivity index (χ2v) is 5.07. The third-order valence-corrected chi connectivity index (χ3v) is 3.44. The second kappa shape index (κ2) is 6.64. The highest BCUT2D eigenvalue weighted by Crippen LogP contribution is 2.15. The van der Waals surface area contributed by atoms with Crippen molar-refractivity contribution in [1.82, 2.24) is 4.90 Å². The fourth-order valence-corrected chi connectivity index (χ4v) is 2.40. The number of rotatable bonds is 4. The Hall–Kier alpha value is -1.22. The van der Waals surface area contributed by atoms with Gasteiger partial charge in [0.15, 0.2) is 0 Å². The molecule has 1 fully saturated rings. The average Bonchev–Trinajstić information content (AvgIpc) is 2.40. The molecule has 1 amide bonds. The quantitative estimate of drug-likeness (QED) is 0.908. The monoisotopic (exact) mass is 266 g/mol. The van der Waals surface area contributed by atoms with E-state index in [0.29, 0.717) is 18.0 Å². The van der Waals surface area contributed by atoms with Gasteiger partial charge in [-0.25, -0.2) is 0 Å². The third-order valence-electron chi connectivity index (χ3n) is 3.20. The van der Waals surface area contributed by atoms with Crippen LogP contribution >= 0.6 is 11.6 Å². The molecule has 1 aliphatic heterocycles. The molecule has 0 spiro atoms. The summed E-state index contributed by atoms with van der Waals surface area (Å²) in [5, 5.41) is 3.93. The summed E-state index contributed by atoms with van der Waals surface area (Å²) >= 11 is 5.89. The van der Waals surface area contributed by atoms with E-state index >= 15 is 0 Å². The largest absolute Gasteiger partial charge is 0.384 e. The van der Waals surface area contributed by atoms with Gasteiger partial charge in [0.05, 0.1) is 0 Å². The van der Waals surface area contributed by atoms with Crippen LogP contribution in [0.4, 0.5) is 5.69 Å². The maximum absolute atomic E-state index is 11.9. The topological polar surface area (TPSA) is 32.3 Å². The summed E-state index contributed by atoms with van der Waals surface area (Å²) in [7, 11) is 0. The number of amides is 1. The molecule has 0 aliphatic carbocycles. The Morgan fingerprint density at radius 3 is 2.78 bits per heavy atom. The fourth-order valence-electron chi connectivity index (χ4n) is 2.21. The molecule has 3 nitrogen and oxygen atoms in total. The number of benzene rings is 1. The maximum atomic E-state index is 11.9. The molecule has 1 aromatic rings. The van der Waals surface area contributed by atoms with Crippen LogP contribution in [0.5, 0.6) is 0 Å². The standard InChI is InChI=1S/C14H19ClN2O/c15-12-5-4-6-13(11-12)16-8-7-14(18)17-9-2-1-3-10-17/h4-6,11,16H,1-3,7-10H2. The normalized spacial score (nSPS) is 15.5. The van der Waals surface area contributed by atoms with Crippen molar-refractivity contribution in [2.75, 3.05) is 25.0 Å². The van der Waals surface area contributed by atoms with Gasteiger partial charge in [0, 0.05) is 36.8 Å². The first-order chi connectivity index (χ1) is 8.75. The lowest BCUT2D eigenvalue weighted by atomic mass is 10.1. The Kier molecular flexibility index (Phi) is 4.88. The van der Waals surface area contributed by atoms with E-state index in [-0.39, 0.29) is 5.91 Å². The minimum absolute atomic E-state index is 0.254. The van der Waals surface area contributed by atoms with Gasteiger partial charge in [-0.1, -0.05) is 17.7 Å². The minimum Gasteiger partial charge on any atom is -0.384 e. The number of anilines is 1. The SMILES string of the molecule is O=C(CCNc1cccc(Cl)c1)N1CCCCC1. The number of carbonyl (C=O) groups is 1. The van der Waals surface area contributed by atoms with Gasteiger partial charge in [0.2, 0.25) is 5.91 Å². The van der Waals surface area contributed by atoms with Crippen LogP contribution in [0.3, 0.4) is 0 Å². The average molecular weight is 267 g/mol. The van der Waals surface area contributed by atoms with E-state index in [4.69, 9.17) is 11.6 Å². The smallest absolute Gasteiger partial charge is 0.224 e. The predicted octanol–water partition coefficient (Wildman–Crippen LogP) is 3.15. The van der Waals surface area contributed by atoms with Crippen molar-refractivity contribution >= 4 is 23.2 Å². The van der Waals surface area contributed by atoms with E-state index in [1.54, 1.807) is 0 Å². The van der Waals surface area contributed by atoms with Crippen molar-refractivity contribution in [3.8, 4) is 0 Å². The summed E-state index contributed by atoms with van der Waals surface area (Å²) < 4.78 is 0. The van der Waals surface area contributed by atoms with Gasteiger partial charge < -0.3 is 10.2 Å². The molecule has 0 radical (unpaired) electrons. The van der Waals surface area contributed by atoms with Gasteiger partial charge in [-0.3, -0.25) is 4.79 Å². The van der Waals surface area contributed by atoms with Crippen LogP contribution in [0.25, 0.3) is 0 Å². The molecule has 0 unspecified atom stereocenters. The van der Waals surface area contributed by atoms with Crippen LogP contribution in [-0.2, 0) is 4.79 Å². The molecule has 98 valence electrons. The molecule has 4 heteroatoms. The van der Waals surface area contributed by atoms with E-state index in [9.17, 15) is 4.79 Å². The van der Waals surface area contributed by atoms with Crippen LogP contribution in [0.15, 0.2) is 24.3 Å². The first-order valence-corrected chi connectivity index (χ1v) is 6.91. The number of hydrogen-bond donors (Lipinski definition) is 1. The number of carbonyl (C=O) groups excluding carboxylic acids is 1. The van der Waals surface area contributed by atoms with Crippen LogP contribution in [0.2, 0.25) is 5.02 Å². The summed E-state index contributed by atoms with van der Waals surface area (Å²) in [5.41, 5.74) is 0.967. The third kappa shape index (κ3) is 3.91. The fraction of sp³-hybridized carbons (Fsp3) is 0.500. The molecular formula is C14H19ClN2O. The molecule has 1 N–H and O–H groups in total. The molecule has 0 aromatic heterocycles. The van der Waals surface area contributed by atoms with E-state index in [1.807, 2.05) is 29.2 Å². The first kappa shape index (κ1) is 13.2. The molecule has 0 bridgehead atoms. The highest BCUT2D eigenvalue weighted by molar-refractivity contribution is 6.30. The van der Waals surface area contributed by atoms with Crippen molar-refractivity contribution in [1.29, 1.82) is 0 Å². The summed E-state index contributed by atoms with van der Waals surface area (Å²) in [5.74, 6) is 0.254. The number of piperidine rings is 1. The molecular weight excluding hydrogens is 248 g/mol. The van der Waals surface area contributed by atoms with Crippen molar-refractivity contribution in [2.24, 2.45) is 0 Å². The lowest BCUT2D eigenvalue weighted by molar-refractivity contribution is -0.131. The molecule has 0 atom stereocenters. The van der Waals surface area contributed by atoms with Gasteiger partial charge >= 0.3 is 0 Å². The highest BCUT2D eigenvalue weighted by Gasteiger charge is 2.15. The lowest BCUT2D eigenvalue weighted by Crippen LogP contribution is -2.36.